The van der Waals surface area contributed by atoms with Gasteiger partial charge >= 0.3 is 0 Å². The molecule has 0 saturated carbocycles. The van der Waals surface area contributed by atoms with E-state index < -0.39 is 22.2 Å². The highest BCUT2D eigenvalue weighted by Gasteiger charge is 2.19. The Morgan fingerprint density at radius 3 is 2.06 bits per heavy atom. The fourth-order valence-electron chi connectivity index (χ4n) is 1.29. The smallest absolute Gasteiger partial charge is 0.183 e. The molecule has 0 aliphatic heterocycles. The predicted octanol–water partition coefficient (Wildman–Crippen LogP) is 0.571. The van der Waals surface area contributed by atoms with Crippen LogP contribution >= 0.6 is 0 Å². The summed E-state index contributed by atoms with van der Waals surface area (Å²) in [6.45, 7) is 4.53. The lowest BCUT2D eigenvalue weighted by Gasteiger charge is -2.22. The second-order valence-corrected chi connectivity index (χ2v) is 5.88. The fraction of sp³-hybridized carbons (Fsp3) is 1.00. The van der Waals surface area contributed by atoms with E-state index in [1.807, 2.05) is 13.8 Å². The largest absolute Gasteiger partial charge is 0.388 e. The zero-order valence-electron chi connectivity index (χ0n) is 10.2. The minimum absolute atomic E-state index is 0.0784. The highest BCUT2D eigenvalue weighted by Crippen LogP contribution is 2.09. The molecule has 1 unspecified atom stereocenters. The van der Waals surface area contributed by atoms with Crippen molar-refractivity contribution < 1.29 is 23.0 Å². The second-order valence-electron chi connectivity index (χ2n) is 3.62. The summed E-state index contributed by atoms with van der Waals surface area (Å²) in [6, 6.07) is 0. The van der Waals surface area contributed by atoms with Crippen LogP contribution in [0.2, 0.25) is 0 Å². The molecule has 1 N–H and O–H groups in total. The van der Waals surface area contributed by atoms with Crippen molar-refractivity contribution >= 4 is 9.84 Å². The molecule has 0 amide bonds. The minimum atomic E-state index is -2.96. The molecule has 1 atom stereocenters. The van der Waals surface area contributed by atoms with Gasteiger partial charge in [-0.25, -0.2) is 8.42 Å². The van der Waals surface area contributed by atoms with Crippen molar-refractivity contribution in [1.29, 1.82) is 0 Å². The SMILES string of the molecule is CCOC(OCC)C(O)CCCS(C)(=O)=O. The number of hydrogen-bond acceptors (Lipinski definition) is 5. The third kappa shape index (κ3) is 8.04. The Morgan fingerprint density at radius 1 is 1.19 bits per heavy atom. The van der Waals surface area contributed by atoms with Crippen LogP contribution in [0.25, 0.3) is 0 Å². The Hall–Kier alpha value is -0.170. The summed E-state index contributed by atoms with van der Waals surface area (Å²) in [5.41, 5.74) is 0. The van der Waals surface area contributed by atoms with Gasteiger partial charge in [0.25, 0.3) is 0 Å². The normalized spacial score (nSPS) is 14.3. The lowest BCUT2D eigenvalue weighted by atomic mass is 10.2. The topological polar surface area (TPSA) is 72.8 Å². The summed E-state index contributed by atoms with van der Waals surface area (Å²) < 4.78 is 32.2. The molecule has 0 aliphatic rings. The van der Waals surface area contributed by atoms with Gasteiger partial charge in [-0.05, 0) is 26.7 Å². The molecule has 0 aromatic heterocycles. The minimum Gasteiger partial charge on any atom is -0.388 e. The van der Waals surface area contributed by atoms with E-state index in [0.717, 1.165) is 0 Å². The van der Waals surface area contributed by atoms with E-state index in [9.17, 15) is 13.5 Å². The molecule has 16 heavy (non-hydrogen) atoms. The van der Waals surface area contributed by atoms with Gasteiger partial charge in [0, 0.05) is 25.2 Å². The molecule has 0 aliphatic carbocycles. The Morgan fingerprint density at radius 2 is 1.69 bits per heavy atom. The van der Waals surface area contributed by atoms with Gasteiger partial charge in [-0.1, -0.05) is 0 Å². The molecule has 0 radical (unpaired) electrons. The number of sulfone groups is 1. The molecule has 0 heterocycles. The Kier molecular flexibility index (Phi) is 7.91. The first kappa shape index (κ1) is 15.8. The summed E-state index contributed by atoms with van der Waals surface area (Å²) in [7, 11) is -2.96. The summed E-state index contributed by atoms with van der Waals surface area (Å²) in [5.74, 6) is 0.0784. The molecule has 0 bridgehead atoms. The van der Waals surface area contributed by atoms with E-state index in [2.05, 4.69) is 0 Å². The predicted molar refractivity (Wildman–Crippen MR) is 62.0 cm³/mol. The van der Waals surface area contributed by atoms with Crippen molar-refractivity contribution in [2.75, 3.05) is 25.2 Å². The number of hydrogen-bond donors (Lipinski definition) is 1. The zero-order valence-corrected chi connectivity index (χ0v) is 11.0. The molecule has 98 valence electrons. The van der Waals surface area contributed by atoms with Gasteiger partial charge in [0.05, 0.1) is 0 Å². The van der Waals surface area contributed by atoms with E-state index >= 15 is 0 Å². The summed E-state index contributed by atoms with van der Waals surface area (Å²) in [6.07, 6.45) is 0.521. The lowest BCUT2D eigenvalue weighted by molar-refractivity contribution is -0.190. The van der Waals surface area contributed by atoms with Gasteiger partial charge in [0.1, 0.15) is 15.9 Å². The second kappa shape index (κ2) is 8.00. The average molecular weight is 254 g/mol. The molecular weight excluding hydrogens is 232 g/mol. The highest BCUT2D eigenvalue weighted by molar-refractivity contribution is 7.90. The highest BCUT2D eigenvalue weighted by atomic mass is 32.2. The summed E-state index contributed by atoms with van der Waals surface area (Å²) in [5, 5.41) is 9.72. The first-order valence-electron chi connectivity index (χ1n) is 5.49. The lowest BCUT2D eigenvalue weighted by Crippen LogP contribution is -2.32. The van der Waals surface area contributed by atoms with Gasteiger partial charge in [-0.3, -0.25) is 0 Å². The Labute approximate surface area is 97.7 Å². The molecule has 0 aromatic rings. The van der Waals surface area contributed by atoms with Crippen LogP contribution in [0.1, 0.15) is 26.7 Å². The van der Waals surface area contributed by atoms with Crippen molar-refractivity contribution in [1.82, 2.24) is 0 Å². The van der Waals surface area contributed by atoms with Crippen LogP contribution in [-0.4, -0.2) is 51.1 Å². The first-order chi connectivity index (χ1) is 7.40. The van der Waals surface area contributed by atoms with Crippen LogP contribution in [0.15, 0.2) is 0 Å². The monoisotopic (exact) mass is 254 g/mol. The van der Waals surface area contributed by atoms with Crippen molar-refractivity contribution in [2.24, 2.45) is 0 Å². The number of rotatable bonds is 9. The van der Waals surface area contributed by atoms with E-state index in [0.29, 0.717) is 26.1 Å². The van der Waals surface area contributed by atoms with E-state index in [-0.39, 0.29) is 5.75 Å². The van der Waals surface area contributed by atoms with E-state index in [4.69, 9.17) is 9.47 Å². The van der Waals surface area contributed by atoms with Crippen molar-refractivity contribution in [3.05, 3.63) is 0 Å². The summed E-state index contributed by atoms with van der Waals surface area (Å²) >= 11 is 0. The molecule has 0 fully saturated rings. The zero-order chi connectivity index (χ0) is 12.6. The number of aliphatic hydroxyl groups is 1. The van der Waals surface area contributed by atoms with E-state index in [1.54, 1.807) is 0 Å². The quantitative estimate of drug-likeness (QED) is 0.609. The third-order valence-corrected chi connectivity index (χ3v) is 3.02. The molecule has 5 nitrogen and oxygen atoms in total. The van der Waals surface area contributed by atoms with Crippen LogP contribution in [-0.2, 0) is 19.3 Å². The van der Waals surface area contributed by atoms with Crippen molar-refractivity contribution in [3.8, 4) is 0 Å². The molecule has 0 spiro atoms. The van der Waals surface area contributed by atoms with E-state index in [1.165, 1.54) is 6.26 Å². The van der Waals surface area contributed by atoms with Gasteiger partial charge < -0.3 is 14.6 Å². The van der Waals surface area contributed by atoms with Crippen LogP contribution in [0.5, 0.6) is 0 Å². The standard InChI is InChI=1S/C10H22O5S/c1-4-14-10(15-5-2)9(11)7-6-8-16(3,12)13/h9-11H,4-8H2,1-3H3. The fourth-order valence-corrected chi connectivity index (χ4v) is 1.98. The van der Waals surface area contributed by atoms with Crippen LogP contribution in [0.3, 0.4) is 0 Å². The molecule has 0 aromatic carbocycles. The number of aliphatic hydroxyl groups excluding tert-OH is 1. The maximum atomic E-state index is 10.9. The van der Waals surface area contributed by atoms with Gasteiger partial charge in [-0.15, -0.1) is 0 Å². The van der Waals surface area contributed by atoms with Crippen molar-refractivity contribution in [2.45, 2.75) is 39.1 Å². The summed E-state index contributed by atoms with van der Waals surface area (Å²) in [4.78, 5) is 0. The first-order valence-corrected chi connectivity index (χ1v) is 7.55. The van der Waals surface area contributed by atoms with Crippen LogP contribution in [0.4, 0.5) is 0 Å². The Balaban J connectivity index is 3.95. The Bertz CT molecular complexity index is 256. The average Bonchev–Trinajstić information content (AvgIpc) is 2.15. The van der Waals surface area contributed by atoms with Crippen LogP contribution in [0, 0.1) is 0 Å². The maximum Gasteiger partial charge on any atom is 0.183 e. The molecule has 0 saturated heterocycles. The molecular formula is C10H22O5S. The van der Waals surface area contributed by atoms with Crippen LogP contribution < -0.4 is 0 Å². The maximum absolute atomic E-state index is 10.9. The van der Waals surface area contributed by atoms with Gasteiger partial charge in [0.15, 0.2) is 6.29 Å². The molecule has 0 rings (SSSR count). The van der Waals surface area contributed by atoms with Gasteiger partial charge in [0.2, 0.25) is 0 Å². The van der Waals surface area contributed by atoms with Gasteiger partial charge in [-0.2, -0.15) is 0 Å². The number of ether oxygens (including phenoxy) is 2. The van der Waals surface area contributed by atoms with Crippen molar-refractivity contribution in [3.63, 3.8) is 0 Å². The third-order valence-electron chi connectivity index (χ3n) is 1.99. The molecule has 6 heteroatoms.